The molecule has 0 spiro atoms. The van der Waals surface area contributed by atoms with Gasteiger partial charge >= 0.3 is 0 Å². The van der Waals surface area contributed by atoms with Crippen LogP contribution in [0.1, 0.15) is 11.1 Å². The Balaban J connectivity index is 2.14. The quantitative estimate of drug-likeness (QED) is 0.674. The molecule has 0 aliphatic rings. The number of aryl methyl sites for hydroxylation is 1. The largest absolute Gasteiger partial charge is 0.381 e. The first-order valence-corrected chi connectivity index (χ1v) is 5.80. The van der Waals surface area contributed by atoms with Gasteiger partial charge in [0.15, 0.2) is 0 Å². The zero-order valence-corrected chi connectivity index (χ0v) is 10.4. The molecule has 0 bridgehead atoms. The number of anilines is 1. The number of hydrogen-bond acceptors (Lipinski definition) is 3. The van der Waals surface area contributed by atoms with Crippen LogP contribution < -0.4 is 5.32 Å². The number of hydrogen-bond donors (Lipinski definition) is 1. The van der Waals surface area contributed by atoms with Crippen LogP contribution >= 0.6 is 0 Å². The number of nitro benzene ring substituents is 1. The fourth-order valence-electron chi connectivity index (χ4n) is 1.79. The number of rotatable bonds is 4. The lowest BCUT2D eigenvalue weighted by Crippen LogP contribution is -2.03. The standard InChI is InChI=1S/C14H13FN2O2/c1-10-8-12(6-7-13(10)15)16-9-11-4-2-3-5-14(11)17(18)19/h2-8,16H,9H2,1H3. The van der Waals surface area contributed by atoms with E-state index in [1.807, 2.05) is 0 Å². The van der Waals surface area contributed by atoms with Crippen LogP contribution in [0.15, 0.2) is 42.5 Å². The second kappa shape index (κ2) is 5.48. The minimum Gasteiger partial charge on any atom is -0.381 e. The molecule has 2 rings (SSSR count). The minimum atomic E-state index is -0.410. The van der Waals surface area contributed by atoms with Crippen LogP contribution in [-0.4, -0.2) is 4.92 Å². The topological polar surface area (TPSA) is 55.2 Å². The van der Waals surface area contributed by atoms with Gasteiger partial charge in [0.1, 0.15) is 5.82 Å². The summed E-state index contributed by atoms with van der Waals surface area (Å²) >= 11 is 0. The second-order valence-electron chi connectivity index (χ2n) is 4.20. The summed E-state index contributed by atoms with van der Waals surface area (Å²) in [6.07, 6.45) is 0. The summed E-state index contributed by atoms with van der Waals surface area (Å²) in [6, 6.07) is 11.2. The van der Waals surface area contributed by atoms with E-state index in [0.717, 1.165) is 5.69 Å². The normalized spacial score (nSPS) is 10.2. The molecule has 0 aliphatic heterocycles. The summed E-state index contributed by atoms with van der Waals surface area (Å²) in [7, 11) is 0. The van der Waals surface area contributed by atoms with Crippen LogP contribution in [0.25, 0.3) is 0 Å². The van der Waals surface area contributed by atoms with Gasteiger partial charge in [0, 0.05) is 23.9 Å². The lowest BCUT2D eigenvalue weighted by Gasteiger charge is -2.08. The predicted octanol–water partition coefficient (Wildman–Crippen LogP) is 3.65. The number of para-hydroxylation sites is 1. The first-order valence-electron chi connectivity index (χ1n) is 5.80. The molecule has 98 valence electrons. The highest BCUT2D eigenvalue weighted by atomic mass is 19.1. The molecule has 0 amide bonds. The van der Waals surface area contributed by atoms with Gasteiger partial charge in [-0.05, 0) is 30.7 Å². The van der Waals surface area contributed by atoms with Crippen molar-refractivity contribution >= 4 is 11.4 Å². The highest BCUT2D eigenvalue weighted by molar-refractivity contribution is 5.48. The maximum absolute atomic E-state index is 13.1. The van der Waals surface area contributed by atoms with Gasteiger partial charge in [0.05, 0.1) is 4.92 Å². The van der Waals surface area contributed by atoms with E-state index in [2.05, 4.69) is 5.32 Å². The third-order valence-electron chi connectivity index (χ3n) is 2.83. The van der Waals surface area contributed by atoms with Crippen molar-refractivity contribution in [3.8, 4) is 0 Å². The summed E-state index contributed by atoms with van der Waals surface area (Å²) in [5.41, 5.74) is 1.94. The smallest absolute Gasteiger partial charge is 0.274 e. The minimum absolute atomic E-state index is 0.0776. The van der Waals surface area contributed by atoms with Crippen molar-refractivity contribution in [2.45, 2.75) is 13.5 Å². The van der Waals surface area contributed by atoms with Crippen molar-refractivity contribution in [1.29, 1.82) is 0 Å². The van der Waals surface area contributed by atoms with Gasteiger partial charge in [-0.1, -0.05) is 18.2 Å². The van der Waals surface area contributed by atoms with Crippen LogP contribution in [0.4, 0.5) is 15.8 Å². The van der Waals surface area contributed by atoms with Gasteiger partial charge in [0.25, 0.3) is 5.69 Å². The summed E-state index contributed by atoms with van der Waals surface area (Å²) in [6.45, 7) is 1.99. The number of nitro groups is 1. The molecule has 0 aliphatic carbocycles. The van der Waals surface area contributed by atoms with Crippen LogP contribution in [0.5, 0.6) is 0 Å². The van der Waals surface area contributed by atoms with Crippen molar-refractivity contribution < 1.29 is 9.31 Å². The fraction of sp³-hybridized carbons (Fsp3) is 0.143. The SMILES string of the molecule is Cc1cc(NCc2ccccc2[N+](=O)[O-])ccc1F. The van der Waals surface area contributed by atoms with E-state index in [4.69, 9.17) is 0 Å². The third-order valence-corrected chi connectivity index (χ3v) is 2.83. The Morgan fingerprint density at radius 3 is 2.68 bits per heavy atom. The monoisotopic (exact) mass is 260 g/mol. The molecule has 0 aromatic heterocycles. The summed E-state index contributed by atoms with van der Waals surface area (Å²) < 4.78 is 13.1. The maximum atomic E-state index is 13.1. The molecule has 0 radical (unpaired) electrons. The molecule has 0 saturated carbocycles. The van der Waals surface area contributed by atoms with Gasteiger partial charge in [0.2, 0.25) is 0 Å². The molecule has 4 nitrogen and oxygen atoms in total. The van der Waals surface area contributed by atoms with Gasteiger partial charge in [-0.25, -0.2) is 4.39 Å². The van der Waals surface area contributed by atoms with Gasteiger partial charge in [-0.3, -0.25) is 10.1 Å². The van der Waals surface area contributed by atoms with E-state index in [9.17, 15) is 14.5 Å². The average Bonchev–Trinajstić information content (AvgIpc) is 2.40. The highest BCUT2D eigenvalue weighted by Gasteiger charge is 2.11. The Kier molecular flexibility index (Phi) is 3.75. The lowest BCUT2D eigenvalue weighted by atomic mass is 10.1. The number of halogens is 1. The van der Waals surface area contributed by atoms with Crippen molar-refractivity contribution in [3.63, 3.8) is 0 Å². The Morgan fingerprint density at radius 2 is 2.00 bits per heavy atom. The van der Waals surface area contributed by atoms with Gasteiger partial charge in [-0.2, -0.15) is 0 Å². The van der Waals surface area contributed by atoms with Crippen LogP contribution in [0.2, 0.25) is 0 Å². The fourth-order valence-corrected chi connectivity index (χ4v) is 1.79. The Hall–Kier alpha value is -2.43. The number of nitrogens with zero attached hydrogens (tertiary/aromatic N) is 1. The molecule has 19 heavy (non-hydrogen) atoms. The highest BCUT2D eigenvalue weighted by Crippen LogP contribution is 2.20. The Labute approximate surface area is 110 Å². The number of benzene rings is 2. The first-order chi connectivity index (χ1) is 9.08. The van der Waals surface area contributed by atoms with Crippen LogP contribution in [0.3, 0.4) is 0 Å². The molecule has 0 saturated heterocycles. The van der Waals surface area contributed by atoms with E-state index in [1.165, 1.54) is 12.1 Å². The van der Waals surface area contributed by atoms with Crippen molar-refractivity contribution in [3.05, 3.63) is 69.5 Å². The third kappa shape index (κ3) is 3.07. The van der Waals surface area contributed by atoms with Crippen molar-refractivity contribution in [2.24, 2.45) is 0 Å². The lowest BCUT2D eigenvalue weighted by molar-refractivity contribution is -0.385. The molecule has 0 unspecified atom stereocenters. The van der Waals surface area contributed by atoms with E-state index >= 15 is 0 Å². The van der Waals surface area contributed by atoms with E-state index in [-0.39, 0.29) is 11.5 Å². The van der Waals surface area contributed by atoms with E-state index in [1.54, 1.807) is 37.3 Å². The molecule has 1 N–H and O–H groups in total. The maximum Gasteiger partial charge on any atom is 0.274 e. The Bertz CT molecular complexity index is 614. The zero-order valence-electron chi connectivity index (χ0n) is 10.4. The molecular weight excluding hydrogens is 247 g/mol. The van der Waals surface area contributed by atoms with Crippen LogP contribution in [-0.2, 0) is 6.54 Å². The summed E-state index contributed by atoms with van der Waals surface area (Å²) in [5, 5.41) is 13.9. The zero-order chi connectivity index (χ0) is 13.8. The molecule has 0 atom stereocenters. The predicted molar refractivity (Wildman–Crippen MR) is 71.6 cm³/mol. The Morgan fingerprint density at radius 1 is 1.26 bits per heavy atom. The van der Waals surface area contributed by atoms with Crippen molar-refractivity contribution in [2.75, 3.05) is 5.32 Å². The molecule has 0 heterocycles. The van der Waals surface area contributed by atoms with Gasteiger partial charge in [-0.15, -0.1) is 0 Å². The molecule has 2 aromatic rings. The van der Waals surface area contributed by atoms with Crippen LogP contribution in [0, 0.1) is 22.9 Å². The van der Waals surface area contributed by atoms with E-state index < -0.39 is 4.92 Å². The number of nitrogens with one attached hydrogen (secondary N) is 1. The summed E-state index contributed by atoms with van der Waals surface area (Å²) in [5.74, 6) is -0.267. The van der Waals surface area contributed by atoms with Crippen molar-refractivity contribution in [1.82, 2.24) is 0 Å². The molecule has 5 heteroatoms. The van der Waals surface area contributed by atoms with Gasteiger partial charge < -0.3 is 5.32 Å². The average molecular weight is 260 g/mol. The molecule has 0 fully saturated rings. The second-order valence-corrected chi connectivity index (χ2v) is 4.20. The summed E-state index contributed by atoms with van der Waals surface area (Å²) in [4.78, 5) is 10.5. The van der Waals surface area contributed by atoms with E-state index in [0.29, 0.717) is 17.7 Å². The molecule has 2 aromatic carbocycles. The first kappa shape index (κ1) is 13.0. The molecular formula is C14H13FN2O2.